The van der Waals surface area contributed by atoms with Gasteiger partial charge < -0.3 is 5.73 Å². The highest BCUT2D eigenvalue weighted by Gasteiger charge is 2.19. The fraction of sp³-hybridized carbons (Fsp3) is 0.143. The van der Waals surface area contributed by atoms with Gasteiger partial charge in [-0.05, 0) is 59.1 Å². The number of nitrogen functional groups attached to an aromatic ring is 1. The molecule has 0 radical (unpaired) electrons. The lowest BCUT2D eigenvalue weighted by atomic mass is 10.2. The molecular weight excluding hydrogens is 340 g/mol. The summed E-state index contributed by atoms with van der Waals surface area (Å²) >= 11 is 3.39. The standard InChI is InChI=1S/C14H15BrN2O2S/c1-9-5-3-7-12(14(9)15)17-20(18,19)13-8-4-6-11(16)10(13)2/h3-8,17H,16H2,1-2H3. The maximum atomic E-state index is 12.5. The van der Waals surface area contributed by atoms with Crippen LogP contribution in [0.4, 0.5) is 11.4 Å². The van der Waals surface area contributed by atoms with Gasteiger partial charge in [-0.3, -0.25) is 4.72 Å². The molecule has 0 spiro atoms. The molecule has 0 bridgehead atoms. The molecule has 106 valence electrons. The monoisotopic (exact) mass is 354 g/mol. The van der Waals surface area contributed by atoms with Crippen LogP contribution in [0.1, 0.15) is 11.1 Å². The number of hydrogen-bond acceptors (Lipinski definition) is 3. The van der Waals surface area contributed by atoms with Gasteiger partial charge in [-0.2, -0.15) is 0 Å². The van der Waals surface area contributed by atoms with Crippen LogP contribution in [0, 0.1) is 13.8 Å². The number of aryl methyl sites for hydroxylation is 1. The van der Waals surface area contributed by atoms with Crippen LogP contribution in [-0.2, 0) is 10.0 Å². The maximum absolute atomic E-state index is 12.5. The van der Waals surface area contributed by atoms with Gasteiger partial charge in [-0.1, -0.05) is 18.2 Å². The average molecular weight is 355 g/mol. The van der Waals surface area contributed by atoms with Crippen LogP contribution in [0.5, 0.6) is 0 Å². The van der Waals surface area contributed by atoms with E-state index in [1.165, 1.54) is 6.07 Å². The molecule has 0 aliphatic rings. The smallest absolute Gasteiger partial charge is 0.262 e. The third-order valence-electron chi connectivity index (χ3n) is 3.05. The van der Waals surface area contributed by atoms with Gasteiger partial charge in [0.15, 0.2) is 0 Å². The van der Waals surface area contributed by atoms with Crippen LogP contribution in [0.3, 0.4) is 0 Å². The number of halogens is 1. The molecule has 2 rings (SSSR count). The van der Waals surface area contributed by atoms with Gasteiger partial charge in [0.05, 0.1) is 10.6 Å². The Morgan fingerprint density at radius 1 is 1.10 bits per heavy atom. The van der Waals surface area contributed by atoms with E-state index in [1.807, 2.05) is 13.0 Å². The minimum Gasteiger partial charge on any atom is -0.398 e. The molecular formula is C14H15BrN2O2S. The number of nitrogens with two attached hydrogens (primary N) is 1. The van der Waals surface area contributed by atoms with Crippen LogP contribution in [0.2, 0.25) is 0 Å². The molecule has 0 heterocycles. The summed E-state index contributed by atoms with van der Waals surface area (Å²) < 4.78 is 28.2. The highest BCUT2D eigenvalue weighted by Crippen LogP contribution is 2.29. The summed E-state index contributed by atoms with van der Waals surface area (Å²) in [6.45, 7) is 3.59. The van der Waals surface area contributed by atoms with E-state index in [1.54, 1.807) is 31.2 Å². The predicted molar refractivity (Wildman–Crippen MR) is 85.3 cm³/mol. The molecule has 3 N–H and O–H groups in total. The summed E-state index contributed by atoms with van der Waals surface area (Å²) in [7, 11) is -3.67. The van der Waals surface area contributed by atoms with Crippen LogP contribution in [-0.4, -0.2) is 8.42 Å². The van der Waals surface area contributed by atoms with E-state index < -0.39 is 10.0 Å². The van der Waals surface area contributed by atoms with Crippen molar-refractivity contribution in [2.24, 2.45) is 0 Å². The fourth-order valence-corrected chi connectivity index (χ4v) is 3.69. The summed E-state index contributed by atoms with van der Waals surface area (Å²) in [4.78, 5) is 0.186. The average Bonchev–Trinajstić information content (AvgIpc) is 2.38. The number of hydrogen-bond donors (Lipinski definition) is 2. The van der Waals surface area contributed by atoms with Crippen molar-refractivity contribution in [2.75, 3.05) is 10.5 Å². The summed E-state index contributed by atoms with van der Waals surface area (Å²) in [5, 5.41) is 0. The third kappa shape index (κ3) is 2.81. The van der Waals surface area contributed by atoms with Crippen LogP contribution in [0.25, 0.3) is 0 Å². The Morgan fingerprint density at radius 2 is 1.75 bits per heavy atom. The normalized spacial score (nSPS) is 11.3. The predicted octanol–water partition coefficient (Wildman–Crippen LogP) is 3.45. The minimum atomic E-state index is -3.67. The van der Waals surface area contributed by atoms with Crippen LogP contribution in [0.15, 0.2) is 45.8 Å². The molecule has 0 aromatic heterocycles. The van der Waals surface area contributed by atoms with Crippen molar-refractivity contribution in [1.82, 2.24) is 0 Å². The van der Waals surface area contributed by atoms with E-state index in [4.69, 9.17) is 5.73 Å². The maximum Gasteiger partial charge on any atom is 0.262 e. The van der Waals surface area contributed by atoms with Gasteiger partial charge in [-0.15, -0.1) is 0 Å². The molecule has 20 heavy (non-hydrogen) atoms. The first-order valence-corrected chi connectivity index (χ1v) is 8.23. The van der Waals surface area contributed by atoms with Crippen molar-refractivity contribution in [3.05, 3.63) is 52.0 Å². The fourth-order valence-electron chi connectivity index (χ4n) is 1.85. The topological polar surface area (TPSA) is 72.2 Å². The van der Waals surface area contributed by atoms with E-state index in [9.17, 15) is 8.42 Å². The van der Waals surface area contributed by atoms with Gasteiger partial charge in [-0.25, -0.2) is 8.42 Å². The van der Waals surface area contributed by atoms with E-state index in [-0.39, 0.29) is 4.90 Å². The highest BCUT2D eigenvalue weighted by molar-refractivity contribution is 9.10. The summed E-state index contributed by atoms with van der Waals surface area (Å²) in [6.07, 6.45) is 0. The van der Waals surface area contributed by atoms with Gasteiger partial charge in [0.1, 0.15) is 0 Å². The van der Waals surface area contributed by atoms with Gasteiger partial charge in [0, 0.05) is 10.2 Å². The SMILES string of the molecule is Cc1cccc(NS(=O)(=O)c2cccc(N)c2C)c1Br. The van der Waals surface area contributed by atoms with Crippen molar-refractivity contribution in [2.45, 2.75) is 18.7 Å². The molecule has 0 amide bonds. The lowest BCUT2D eigenvalue weighted by molar-refractivity contribution is 0.600. The van der Waals surface area contributed by atoms with E-state index in [0.29, 0.717) is 16.9 Å². The first kappa shape index (κ1) is 14.9. The zero-order valence-corrected chi connectivity index (χ0v) is 13.5. The zero-order valence-electron chi connectivity index (χ0n) is 11.1. The van der Waals surface area contributed by atoms with Gasteiger partial charge in [0.25, 0.3) is 10.0 Å². The molecule has 0 fully saturated rings. The Balaban J connectivity index is 2.47. The number of sulfonamides is 1. The lowest BCUT2D eigenvalue weighted by Crippen LogP contribution is -2.15. The summed E-state index contributed by atoms with van der Waals surface area (Å²) in [6, 6.07) is 10.2. The number of nitrogens with one attached hydrogen (secondary N) is 1. The second-order valence-corrected chi connectivity index (χ2v) is 6.96. The van der Waals surface area contributed by atoms with E-state index in [2.05, 4.69) is 20.7 Å². The summed E-state index contributed by atoms with van der Waals surface area (Å²) in [5.74, 6) is 0. The van der Waals surface area contributed by atoms with Gasteiger partial charge in [0.2, 0.25) is 0 Å². The molecule has 2 aromatic carbocycles. The third-order valence-corrected chi connectivity index (χ3v) is 5.61. The molecule has 0 aliphatic carbocycles. The van der Waals surface area contributed by atoms with E-state index in [0.717, 1.165) is 10.0 Å². The molecule has 0 saturated carbocycles. The van der Waals surface area contributed by atoms with Crippen LogP contribution >= 0.6 is 15.9 Å². The van der Waals surface area contributed by atoms with Crippen molar-refractivity contribution < 1.29 is 8.42 Å². The first-order chi connectivity index (χ1) is 9.33. The lowest BCUT2D eigenvalue weighted by Gasteiger charge is -2.13. The molecule has 0 atom stereocenters. The molecule has 0 aliphatic heterocycles. The van der Waals surface area contributed by atoms with E-state index >= 15 is 0 Å². The first-order valence-electron chi connectivity index (χ1n) is 5.96. The second-order valence-electron chi connectivity index (χ2n) is 4.51. The van der Waals surface area contributed by atoms with Crippen molar-refractivity contribution >= 4 is 37.3 Å². The van der Waals surface area contributed by atoms with Crippen molar-refractivity contribution in [3.8, 4) is 0 Å². The van der Waals surface area contributed by atoms with Gasteiger partial charge >= 0.3 is 0 Å². The number of benzene rings is 2. The quantitative estimate of drug-likeness (QED) is 0.829. The molecule has 0 saturated heterocycles. The van der Waals surface area contributed by atoms with Crippen LogP contribution < -0.4 is 10.5 Å². The number of rotatable bonds is 3. The Bertz CT molecular complexity index is 758. The zero-order chi connectivity index (χ0) is 14.9. The molecule has 4 nitrogen and oxygen atoms in total. The molecule has 6 heteroatoms. The Hall–Kier alpha value is -1.53. The highest BCUT2D eigenvalue weighted by atomic mass is 79.9. The summed E-state index contributed by atoms with van der Waals surface area (Å²) in [5.41, 5.74) is 8.22. The number of anilines is 2. The molecule has 0 unspecified atom stereocenters. The Morgan fingerprint density at radius 3 is 2.45 bits per heavy atom. The Labute approximate surface area is 127 Å². The minimum absolute atomic E-state index is 0.186. The second kappa shape index (κ2) is 5.46. The van der Waals surface area contributed by atoms with Crippen molar-refractivity contribution in [3.63, 3.8) is 0 Å². The Kier molecular flexibility index (Phi) is 4.06. The van der Waals surface area contributed by atoms with Crippen molar-refractivity contribution in [1.29, 1.82) is 0 Å². The molecule has 2 aromatic rings. The largest absolute Gasteiger partial charge is 0.398 e.